The molecule has 0 aromatic carbocycles. The molecule has 0 aliphatic heterocycles. The first-order chi connectivity index (χ1) is 3.18. The van der Waals surface area contributed by atoms with E-state index in [1.807, 2.05) is 0 Å². The Balaban J connectivity index is 3.55. The van der Waals surface area contributed by atoms with Crippen LogP contribution in [0.4, 0.5) is 4.79 Å². The summed E-state index contributed by atoms with van der Waals surface area (Å²) in [4.78, 5) is 9.80. The minimum absolute atomic E-state index is 0.472. The number of hydrogen-bond acceptors (Lipinski definition) is 3. The monoisotopic (exact) mass is 102 g/mol. The summed E-state index contributed by atoms with van der Waals surface area (Å²) in [5, 5.41) is 6.79. The van der Waals surface area contributed by atoms with Gasteiger partial charge in [0.2, 0.25) is 0 Å². The second-order valence-corrected chi connectivity index (χ2v) is 0.875. The zero-order chi connectivity index (χ0) is 5.86. The molecule has 0 aromatic rings. The third-order valence-corrected chi connectivity index (χ3v) is 0.394. The molecule has 0 aromatic heterocycles. The van der Waals surface area contributed by atoms with Crippen molar-refractivity contribution in [2.24, 2.45) is 11.6 Å². The van der Waals surface area contributed by atoms with Crippen LogP contribution in [0, 0.1) is 5.41 Å². The van der Waals surface area contributed by atoms with Gasteiger partial charge in [-0.1, -0.05) is 0 Å². The number of hydrogen-bond donors (Lipinski definition) is 3. The first kappa shape index (κ1) is 5.90. The standard InChI is InChI=1S/C2H6N4O/c3-1-6(5)2(4)7/h1,3H,5H2,(H2,4,7). The van der Waals surface area contributed by atoms with Crippen molar-refractivity contribution in [1.29, 1.82) is 5.41 Å². The molecule has 0 aliphatic rings. The second kappa shape index (κ2) is 2.14. The highest BCUT2D eigenvalue weighted by atomic mass is 16.2. The summed E-state index contributed by atoms with van der Waals surface area (Å²) in [6.07, 6.45) is 0.627. The van der Waals surface area contributed by atoms with Crippen LogP contribution < -0.4 is 11.6 Å². The van der Waals surface area contributed by atoms with Crippen LogP contribution in [0.5, 0.6) is 0 Å². The number of carbonyl (C=O) groups excluding carboxylic acids is 1. The SMILES string of the molecule is N=CN(N)C(N)=O. The summed E-state index contributed by atoms with van der Waals surface area (Å²) < 4.78 is 0. The Labute approximate surface area is 40.4 Å². The van der Waals surface area contributed by atoms with Crippen molar-refractivity contribution in [3.05, 3.63) is 0 Å². The number of amides is 2. The molecule has 0 unspecified atom stereocenters. The van der Waals surface area contributed by atoms with Gasteiger partial charge in [-0.25, -0.2) is 15.6 Å². The normalized spacial score (nSPS) is 7.57. The fraction of sp³-hybridized carbons (Fsp3) is 0. The molecule has 0 spiro atoms. The van der Waals surface area contributed by atoms with E-state index < -0.39 is 6.03 Å². The molecule has 0 heterocycles. The van der Waals surface area contributed by atoms with Gasteiger partial charge < -0.3 is 5.73 Å². The van der Waals surface area contributed by atoms with Gasteiger partial charge in [-0.05, 0) is 0 Å². The van der Waals surface area contributed by atoms with Crippen LogP contribution in [0.15, 0.2) is 0 Å². The number of nitrogens with one attached hydrogen (secondary N) is 1. The van der Waals surface area contributed by atoms with Gasteiger partial charge in [0.1, 0.15) is 6.34 Å². The van der Waals surface area contributed by atoms with E-state index >= 15 is 0 Å². The molecule has 0 rings (SSSR count). The lowest BCUT2D eigenvalue weighted by Crippen LogP contribution is -2.39. The molecule has 5 nitrogen and oxygen atoms in total. The number of carbonyl (C=O) groups is 1. The van der Waals surface area contributed by atoms with Crippen LogP contribution >= 0.6 is 0 Å². The number of primary amides is 1. The minimum Gasteiger partial charge on any atom is -0.350 e. The molecule has 0 saturated carbocycles. The van der Waals surface area contributed by atoms with Gasteiger partial charge in [0, 0.05) is 0 Å². The molecule has 7 heavy (non-hydrogen) atoms. The van der Waals surface area contributed by atoms with Crippen LogP contribution in [0.25, 0.3) is 0 Å². The lowest BCUT2D eigenvalue weighted by molar-refractivity contribution is 0.231. The van der Waals surface area contributed by atoms with E-state index in [0.717, 1.165) is 0 Å². The number of rotatable bonds is 1. The fourth-order valence-electron chi connectivity index (χ4n) is 0.0636. The largest absolute Gasteiger partial charge is 0.350 e. The Morgan fingerprint density at radius 3 is 2.29 bits per heavy atom. The Bertz CT molecular complexity index is 89.7. The molecule has 40 valence electrons. The van der Waals surface area contributed by atoms with E-state index in [0.29, 0.717) is 11.3 Å². The maximum Gasteiger partial charge on any atom is 0.334 e. The van der Waals surface area contributed by atoms with Crippen molar-refractivity contribution in [3.63, 3.8) is 0 Å². The van der Waals surface area contributed by atoms with E-state index in [1.165, 1.54) is 0 Å². The van der Waals surface area contributed by atoms with Crippen molar-refractivity contribution in [2.75, 3.05) is 0 Å². The average molecular weight is 102 g/mol. The lowest BCUT2D eigenvalue weighted by Gasteiger charge is -2.01. The molecular weight excluding hydrogens is 96.0 g/mol. The Kier molecular flexibility index (Phi) is 1.80. The highest BCUT2D eigenvalue weighted by Gasteiger charge is 1.94. The molecule has 2 amide bonds. The molecule has 5 heteroatoms. The highest BCUT2D eigenvalue weighted by molar-refractivity contribution is 5.82. The van der Waals surface area contributed by atoms with Crippen molar-refractivity contribution >= 4 is 12.4 Å². The van der Waals surface area contributed by atoms with Crippen molar-refractivity contribution in [2.45, 2.75) is 0 Å². The number of hydrazine groups is 1. The first-order valence-corrected chi connectivity index (χ1v) is 1.52. The van der Waals surface area contributed by atoms with E-state index in [9.17, 15) is 4.79 Å². The van der Waals surface area contributed by atoms with Crippen molar-refractivity contribution < 1.29 is 4.79 Å². The Morgan fingerprint density at radius 2 is 2.29 bits per heavy atom. The molecule has 5 N–H and O–H groups in total. The Morgan fingerprint density at radius 1 is 1.86 bits per heavy atom. The average Bonchev–Trinajstić information content (AvgIpc) is 1.65. The third kappa shape index (κ3) is 1.72. The Hall–Kier alpha value is -1.10. The smallest absolute Gasteiger partial charge is 0.334 e. The summed E-state index contributed by atoms with van der Waals surface area (Å²) in [7, 11) is 0. The van der Waals surface area contributed by atoms with Gasteiger partial charge in [0.15, 0.2) is 0 Å². The molecular formula is C2H6N4O. The van der Waals surface area contributed by atoms with E-state index in [2.05, 4.69) is 5.73 Å². The zero-order valence-corrected chi connectivity index (χ0v) is 3.59. The maximum absolute atomic E-state index is 9.80. The van der Waals surface area contributed by atoms with Crippen LogP contribution in [-0.2, 0) is 0 Å². The number of urea groups is 1. The molecule has 0 radical (unpaired) electrons. The third-order valence-electron chi connectivity index (χ3n) is 0.394. The second-order valence-electron chi connectivity index (χ2n) is 0.875. The summed E-state index contributed by atoms with van der Waals surface area (Å²) >= 11 is 0. The van der Waals surface area contributed by atoms with Gasteiger partial charge in [-0.3, -0.25) is 5.41 Å². The topological polar surface area (TPSA) is 96.2 Å². The number of nitrogens with two attached hydrogens (primary N) is 2. The highest BCUT2D eigenvalue weighted by Crippen LogP contribution is 1.62. The molecule has 0 bridgehead atoms. The van der Waals surface area contributed by atoms with Gasteiger partial charge >= 0.3 is 6.03 Å². The van der Waals surface area contributed by atoms with Crippen LogP contribution in [0.2, 0.25) is 0 Å². The van der Waals surface area contributed by atoms with Gasteiger partial charge in [0.05, 0.1) is 0 Å². The van der Waals surface area contributed by atoms with Crippen LogP contribution in [0.1, 0.15) is 0 Å². The van der Waals surface area contributed by atoms with E-state index in [1.54, 1.807) is 0 Å². The summed E-state index contributed by atoms with van der Waals surface area (Å²) in [6.45, 7) is 0. The quantitative estimate of drug-likeness (QED) is 0.128. The summed E-state index contributed by atoms with van der Waals surface area (Å²) in [5.41, 5.74) is 4.56. The fourth-order valence-corrected chi connectivity index (χ4v) is 0.0636. The first-order valence-electron chi connectivity index (χ1n) is 1.52. The van der Waals surface area contributed by atoms with E-state index in [-0.39, 0.29) is 0 Å². The molecule has 0 aliphatic carbocycles. The van der Waals surface area contributed by atoms with Gasteiger partial charge in [-0.15, -0.1) is 0 Å². The number of nitrogens with zero attached hydrogens (tertiary/aromatic N) is 1. The van der Waals surface area contributed by atoms with Crippen molar-refractivity contribution in [3.8, 4) is 0 Å². The maximum atomic E-state index is 9.80. The summed E-state index contributed by atoms with van der Waals surface area (Å²) in [5.74, 6) is 4.73. The summed E-state index contributed by atoms with van der Waals surface area (Å²) in [6, 6.07) is -0.838. The zero-order valence-electron chi connectivity index (χ0n) is 3.59. The lowest BCUT2D eigenvalue weighted by atomic mass is 11.0. The predicted molar refractivity (Wildman–Crippen MR) is 24.4 cm³/mol. The van der Waals surface area contributed by atoms with Gasteiger partial charge in [-0.2, -0.15) is 0 Å². The van der Waals surface area contributed by atoms with Crippen LogP contribution in [-0.4, -0.2) is 17.4 Å². The van der Waals surface area contributed by atoms with Crippen molar-refractivity contribution in [1.82, 2.24) is 5.01 Å². The molecule has 0 saturated heterocycles. The minimum atomic E-state index is -0.838. The predicted octanol–water partition coefficient (Wildman–Crippen LogP) is -1.15. The molecule has 0 atom stereocenters. The van der Waals surface area contributed by atoms with Gasteiger partial charge in [0.25, 0.3) is 0 Å². The van der Waals surface area contributed by atoms with Crippen LogP contribution in [0.3, 0.4) is 0 Å². The van der Waals surface area contributed by atoms with E-state index in [4.69, 9.17) is 11.3 Å². The molecule has 0 fully saturated rings.